The Morgan fingerprint density at radius 2 is 0.621 bits per heavy atom. The summed E-state index contributed by atoms with van der Waals surface area (Å²) < 4.78 is 0. The average Bonchev–Trinajstić information content (AvgIpc) is 3.30. The Balaban J connectivity index is 1.22. The molecule has 0 unspecified atom stereocenters. The minimum atomic E-state index is 0.573. The molecule has 0 spiro atoms. The zero-order valence-corrected chi connectivity index (χ0v) is 31.4. The number of anilines is 6. The smallest absolute Gasteiger partial charge is 0.101 e. The van der Waals surface area contributed by atoms with Crippen LogP contribution < -0.4 is 9.80 Å². The second-order valence-electron chi connectivity index (χ2n) is 14.4. The van der Waals surface area contributed by atoms with Gasteiger partial charge in [-0.2, -0.15) is 10.5 Å². The summed E-state index contributed by atoms with van der Waals surface area (Å²) in [4.78, 5) is 4.40. The average molecular weight is 739 g/mol. The summed E-state index contributed by atoms with van der Waals surface area (Å²) in [7, 11) is 0. The Bertz CT molecular complexity index is 2930. The number of nitriles is 2. The first-order chi connectivity index (χ1) is 28.7. The first kappa shape index (κ1) is 34.3. The van der Waals surface area contributed by atoms with Gasteiger partial charge in [0.15, 0.2) is 0 Å². The molecule has 0 aliphatic rings. The summed E-state index contributed by atoms with van der Waals surface area (Å²) in [5.74, 6) is 0. The van der Waals surface area contributed by atoms with Gasteiger partial charge in [-0.3, -0.25) is 0 Å². The predicted octanol–water partition coefficient (Wildman–Crippen LogP) is 14.6. The van der Waals surface area contributed by atoms with Crippen molar-refractivity contribution in [3.63, 3.8) is 0 Å². The van der Waals surface area contributed by atoms with Crippen molar-refractivity contribution < 1.29 is 0 Å². The van der Waals surface area contributed by atoms with E-state index in [9.17, 15) is 10.5 Å². The molecule has 0 saturated heterocycles. The van der Waals surface area contributed by atoms with E-state index in [1.165, 1.54) is 0 Å². The topological polar surface area (TPSA) is 54.1 Å². The van der Waals surface area contributed by atoms with Crippen LogP contribution in [0.25, 0.3) is 54.6 Å². The van der Waals surface area contributed by atoms with E-state index in [0.717, 1.165) is 88.7 Å². The first-order valence-corrected chi connectivity index (χ1v) is 19.3. The van der Waals surface area contributed by atoms with Crippen molar-refractivity contribution in [1.82, 2.24) is 0 Å². The van der Waals surface area contributed by atoms with Crippen molar-refractivity contribution in [1.29, 1.82) is 10.5 Å². The maximum Gasteiger partial charge on any atom is 0.101 e. The van der Waals surface area contributed by atoms with E-state index in [2.05, 4.69) is 168 Å². The van der Waals surface area contributed by atoms with Gasteiger partial charge in [-0.05, 0) is 104 Å². The molecule has 0 N–H and O–H groups in total. The van der Waals surface area contributed by atoms with Crippen LogP contribution in [0.4, 0.5) is 34.1 Å². The van der Waals surface area contributed by atoms with Crippen molar-refractivity contribution in [2.24, 2.45) is 0 Å². The van der Waals surface area contributed by atoms with Gasteiger partial charge in [-0.25, -0.2) is 0 Å². The highest BCUT2D eigenvalue weighted by Crippen LogP contribution is 2.50. The lowest BCUT2D eigenvalue weighted by atomic mass is 9.88. The molecule has 0 fully saturated rings. The lowest BCUT2D eigenvalue weighted by molar-refractivity contribution is 1.28. The van der Waals surface area contributed by atoms with E-state index >= 15 is 0 Å². The fraction of sp³-hybridized carbons (Fsp3) is 0. The highest BCUT2D eigenvalue weighted by molar-refractivity contribution is 6.29. The number of hydrogen-bond acceptors (Lipinski definition) is 4. The normalized spacial score (nSPS) is 11.1. The Morgan fingerprint density at radius 1 is 0.310 bits per heavy atom. The molecule has 0 aromatic heterocycles. The second-order valence-corrected chi connectivity index (χ2v) is 14.4. The monoisotopic (exact) mass is 738 g/mol. The molecule has 0 amide bonds. The third-order valence-electron chi connectivity index (χ3n) is 11.0. The van der Waals surface area contributed by atoms with E-state index in [1.54, 1.807) is 0 Å². The summed E-state index contributed by atoms with van der Waals surface area (Å²) in [5, 5.41) is 27.6. The van der Waals surface area contributed by atoms with Crippen molar-refractivity contribution in [2.75, 3.05) is 9.80 Å². The van der Waals surface area contributed by atoms with Gasteiger partial charge in [0.1, 0.15) is 12.1 Å². The van der Waals surface area contributed by atoms with Crippen molar-refractivity contribution in [2.45, 2.75) is 0 Å². The molecule has 4 heteroatoms. The third kappa shape index (κ3) is 5.85. The number of benzene rings is 10. The summed E-state index contributed by atoms with van der Waals surface area (Å²) in [6.07, 6.45) is 0. The quantitative estimate of drug-likeness (QED) is 0.146. The van der Waals surface area contributed by atoms with Gasteiger partial charge in [0, 0.05) is 33.5 Å². The van der Waals surface area contributed by atoms with Crippen LogP contribution in [0, 0.1) is 22.7 Å². The second kappa shape index (κ2) is 14.5. The summed E-state index contributed by atoms with van der Waals surface area (Å²) >= 11 is 0. The fourth-order valence-corrected chi connectivity index (χ4v) is 8.41. The summed E-state index contributed by atoms with van der Waals surface area (Å²) in [6, 6.07) is 75.9. The Morgan fingerprint density at radius 3 is 0.966 bits per heavy atom. The van der Waals surface area contributed by atoms with Crippen LogP contribution in [0.5, 0.6) is 0 Å². The molecule has 0 atom stereocenters. The van der Waals surface area contributed by atoms with Gasteiger partial charge < -0.3 is 9.80 Å². The van der Waals surface area contributed by atoms with E-state index in [-0.39, 0.29) is 0 Å². The zero-order valence-electron chi connectivity index (χ0n) is 31.4. The van der Waals surface area contributed by atoms with Gasteiger partial charge in [0.05, 0.1) is 22.5 Å². The summed E-state index contributed by atoms with van der Waals surface area (Å²) in [6.45, 7) is 0. The maximum atomic E-state index is 10.8. The zero-order chi connectivity index (χ0) is 39.0. The fourth-order valence-electron chi connectivity index (χ4n) is 8.41. The van der Waals surface area contributed by atoms with Crippen LogP contribution in [-0.2, 0) is 0 Å². The van der Waals surface area contributed by atoms with E-state index in [0.29, 0.717) is 11.1 Å². The van der Waals surface area contributed by atoms with Crippen molar-refractivity contribution in [3.05, 3.63) is 217 Å². The summed E-state index contributed by atoms with van der Waals surface area (Å²) in [5.41, 5.74) is 11.1. The van der Waals surface area contributed by atoms with Gasteiger partial charge in [-0.1, -0.05) is 146 Å². The van der Waals surface area contributed by atoms with Gasteiger partial charge in [0.2, 0.25) is 0 Å². The Hall–Kier alpha value is -8.18. The Labute approximate surface area is 337 Å². The van der Waals surface area contributed by atoms with Crippen LogP contribution in [0.3, 0.4) is 0 Å². The van der Waals surface area contributed by atoms with E-state index < -0.39 is 0 Å². The number of nitrogens with zero attached hydrogens (tertiary/aromatic N) is 4. The lowest BCUT2D eigenvalue weighted by Crippen LogP contribution is -2.13. The molecule has 0 bridgehead atoms. The standard InChI is InChI=1S/C54H34N4/c55-35-43-33-41-21-22-42-34-44(36-56)54(58(46-19-11-4-12-20-46)48-29-25-40(26-30-48)38-15-7-2-8-16-38)50-32-31-49(51(41)52(42)50)53(43)57(45-17-9-3-10-18-45)47-27-23-39(24-28-47)37-13-5-1-6-14-37/h1-34H. The molecule has 270 valence electrons. The minimum Gasteiger partial charge on any atom is -0.309 e. The molecule has 10 rings (SSSR count). The van der Waals surface area contributed by atoms with Crippen molar-refractivity contribution in [3.8, 4) is 34.4 Å². The molecule has 0 aliphatic carbocycles. The maximum absolute atomic E-state index is 10.8. The molecule has 10 aromatic carbocycles. The molecular weight excluding hydrogens is 705 g/mol. The molecule has 0 heterocycles. The van der Waals surface area contributed by atoms with Gasteiger partial charge in [0.25, 0.3) is 0 Å². The molecule has 0 saturated carbocycles. The number of hydrogen-bond donors (Lipinski definition) is 0. The molecule has 58 heavy (non-hydrogen) atoms. The van der Waals surface area contributed by atoms with Crippen molar-refractivity contribution >= 4 is 66.4 Å². The molecule has 0 aliphatic heterocycles. The molecule has 4 nitrogen and oxygen atoms in total. The van der Waals surface area contributed by atoms with E-state index in [1.807, 2.05) is 60.7 Å². The van der Waals surface area contributed by atoms with Crippen LogP contribution in [0.1, 0.15) is 11.1 Å². The highest BCUT2D eigenvalue weighted by Gasteiger charge is 2.26. The molecule has 0 radical (unpaired) electrons. The van der Waals surface area contributed by atoms with Gasteiger partial charge in [-0.15, -0.1) is 0 Å². The largest absolute Gasteiger partial charge is 0.309 e. The molecular formula is C54H34N4. The number of para-hydroxylation sites is 2. The molecule has 10 aromatic rings. The minimum absolute atomic E-state index is 0.573. The van der Waals surface area contributed by atoms with Gasteiger partial charge >= 0.3 is 0 Å². The van der Waals surface area contributed by atoms with Crippen LogP contribution in [-0.4, -0.2) is 0 Å². The predicted molar refractivity (Wildman–Crippen MR) is 240 cm³/mol. The van der Waals surface area contributed by atoms with Crippen LogP contribution in [0.15, 0.2) is 206 Å². The van der Waals surface area contributed by atoms with Crippen LogP contribution >= 0.6 is 0 Å². The van der Waals surface area contributed by atoms with Crippen LogP contribution in [0.2, 0.25) is 0 Å². The third-order valence-corrected chi connectivity index (χ3v) is 11.0. The SMILES string of the molecule is N#Cc1cc2ccc3cc(C#N)c(N(c4ccccc4)c4ccc(-c5ccccc5)cc4)c4ccc(c1N(c1ccccc1)c1ccc(-c5ccccc5)cc1)c2c34. The number of rotatable bonds is 8. The first-order valence-electron chi connectivity index (χ1n) is 19.3. The highest BCUT2D eigenvalue weighted by atomic mass is 15.2. The Kier molecular flexibility index (Phi) is 8.57. The van der Waals surface area contributed by atoms with E-state index in [4.69, 9.17) is 0 Å². The lowest BCUT2D eigenvalue weighted by Gasteiger charge is -2.30.